The molecule has 0 heterocycles. The lowest BCUT2D eigenvalue weighted by Gasteiger charge is -2.14. The van der Waals surface area contributed by atoms with Gasteiger partial charge in [0.25, 0.3) is 0 Å². The summed E-state index contributed by atoms with van der Waals surface area (Å²) in [6.45, 7) is 0.0867. The minimum Gasteiger partial charge on any atom is -0.387 e. The van der Waals surface area contributed by atoms with E-state index in [-0.39, 0.29) is 18.3 Å². The van der Waals surface area contributed by atoms with E-state index >= 15 is 0 Å². The van der Waals surface area contributed by atoms with Crippen molar-refractivity contribution in [3.05, 3.63) is 35.6 Å². The van der Waals surface area contributed by atoms with Crippen LogP contribution in [0.2, 0.25) is 0 Å². The third kappa shape index (κ3) is 2.81. The highest BCUT2D eigenvalue weighted by Crippen LogP contribution is 2.32. The van der Waals surface area contributed by atoms with E-state index in [9.17, 15) is 14.3 Å². The van der Waals surface area contributed by atoms with Gasteiger partial charge in [-0.05, 0) is 30.5 Å². The third-order valence-corrected chi connectivity index (χ3v) is 2.95. The van der Waals surface area contributed by atoms with E-state index in [0.29, 0.717) is 18.4 Å². The molecule has 2 rings (SSSR count). The molecule has 4 nitrogen and oxygen atoms in total. The number of benzene rings is 1. The van der Waals surface area contributed by atoms with Crippen LogP contribution >= 0.6 is 0 Å². The number of hydrogen-bond acceptors (Lipinski definition) is 3. The van der Waals surface area contributed by atoms with Gasteiger partial charge in [-0.2, -0.15) is 0 Å². The Labute approximate surface area is 98.6 Å². The van der Waals surface area contributed by atoms with Crippen molar-refractivity contribution in [2.75, 3.05) is 6.54 Å². The van der Waals surface area contributed by atoms with Gasteiger partial charge in [0.05, 0.1) is 11.6 Å². The Hall–Kier alpha value is -1.46. The molecule has 0 bridgehead atoms. The summed E-state index contributed by atoms with van der Waals surface area (Å²) in [5, 5.41) is 12.4. The predicted octanol–water partition coefficient (Wildman–Crippen LogP) is 0.467. The minimum absolute atomic E-state index is 0.0867. The number of halogens is 1. The van der Waals surface area contributed by atoms with Crippen molar-refractivity contribution in [2.24, 2.45) is 5.73 Å². The highest BCUT2D eigenvalue weighted by molar-refractivity contribution is 5.88. The molecule has 1 amide bonds. The van der Waals surface area contributed by atoms with Crippen molar-refractivity contribution < 1.29 is 14.3 Å². The second-order valence-corrected chi connectivity index (χ2v) is 4.43. The molecule has 4 N–H and O–H groups in total. The lowest BCUT2D eigenvalue weighted by molar-refractivity contribution is -0.123. The predicted molar refractivity (Wildman–Crippen MR) is 60.5 cm³/mol. The fourth-order valence-corrected chi connectivity index (χ4v) is 1.53. The number of nitrogens with one attached hydrogen (secondary N) is 1. The normalized spacial score (nSPS) is 18.5. The van der Waals surface area contributed by atoms with Crippen molar-refractivity contribution in [1.82, 2.24) is 5.32 Å². The number of amides is 1. The van der Waals surface area contributed by atoms with E-state index in [1.165, 1.54) is 24.3 Å². The molecule has 1 unspecified atom stereocenters. The molecule has 5 heteroatoms. The van der Waals surface area contributed by atoms with Gasteiger partial charge in [0.1, 0.15) is 5.82 Å². The number of aliphatic hydroxyl groups excluding tert-OH is 1. The van der Waals surface area contributed by atoms with Gasteiger partial charge in [0.2, 0.25) is 5.91 Å². The Morgan fingerprint density at radius 2 is 2.06 bits per heavy atom. The fourth-order valence-electron chi connectivity index (χ4n) is 1.53. The average molecular weight is 238 g/mol. The molecule has 1 atom stereocenters. The standard InChI is InChI=1S/C12H15FN2O2/c13-9-3-1-8(2-4-9)10(16)7-15-11(17)12(14)5-6-12/h1-4,10,16H,5-7,14H2,(H,15,17). The van der Waals surface area contributed by atoms with Gasteiger partial charge in [-0.15, -0.1) is 0 Å². The van der Waals surface area contributed by atoms with Crippen molar-refractivity contribution >= 4 is 5.91 Å². The molecule has 0 saturated heterocycles. The first kappa shape index (κ1) is 12.0. The molecule has 92 valence electrons. The molecule has 0 radical (unpaired) electrons. The molecule has 1 aromatic carbocycles. The first-order valence-corrected chi connectivity index (χ1v) is 5.52. The van der Waals surface area contributed by atoms with E-state index in [2.05, 4.69) is 5.32 Å². The second kappa shape index (κ2) is 4.43. The van der Waals surface area contributed by atoms with E-state index < -0.39 is 11.6 Å². The largest absolute Gasteiger partial charge is 0.387 e. The SMILES string of the molecule is NC1(C(=O)NCC(O)c2ccc(F)cc2)CC1. The topological polar surface area (TPSA) is 75.4 Å². The van der Waals surface area contributed by atoms with Crippen LogP contribution in [0.1, 0.15) is 24.5 Å². The molecule has 0 aromatic heterocycles. The average Bonchev–Trinajstić information content (AvgIpc) is 3.06. The summed E-state index contributed by atoms with van der Waals surface area (Å²) < 4.78 is 12.7. The van der Waals surface area contributed by atoms with Gasteiger partial charge in [-0.1, -0.05) is 12.1 Å². The van der Waals surface area contributed by atoms with E-state index in [4.69, 9.17) is 5.73 Å². The summed E-state index contributed by atoms with van der Waals surface area (Å²) >= 11 is 0. The zero-order chi connectivity index (χ0) is 12.5. The monoisotopic (exact) mass is 238 g/mol. The molecule has 17 heavy (non-hydrogen) atoms. The Morgan fingerprint density at radius 3 is 2.59 bits per heavy atom. The maximum Gasteiger partial charge on any atom is 0.240 e. The van der Waals surface area contributed by atoms with Gasteiger partial charge < -0.3 is 16.2 Å². The highest BCUT2D eigenvalue weighted by atomic mass is 19.1. The zero-order valence-electron chi connectivity index (χ0n) is 9.32. The molecular formula is C12H15FN2O2. The van der Waals surface area contributed by atoms with Gasteiger partial charge in [0, 0.05) is 6.54 Å². The number of aliphatic hydroxyl groups is 1. The Bertz CT molecular complexity index is 415. The Morgan fingerprint density at radius 1 is 1.47 bits per heavy atom. The van der Waals surface area contributed by atoms with Crippen molar-refractivity contribution in [3.63, 3.8) is 0 Å². The minimum atomic E-state index is -0.845. The smallest absolute Gasteiger partial charge is 0.240 e. The van der Waals surface area contributed by atoms with Gasteiger partial charge in [-0.3, -0.25) is 4.79 Å². The van der Waals surface area contributed by atoms with Crippen LogP contribution < -0.4 is 11.1 Å². The summed E-state index contributed by atoms with van der Waals surface area (Å²) in [5.41, 5.74) is 5.52. The summed E-state index contributed by atoms with van der Waals surface area (Å²) in [6.07, 6.45) is 0.527. The van der Waals surface area contributed by atoms with Crippen LogP contribution in [0.25, 0.3) is 0 Å². The first-order valence-electron chi connectivity index (χ1n) is 5.52. The lowest BCUT2D eigenvalue weighted by atomic mass is 10.1. The van der Waals surface area contributed by atoms with E-state index in [0.717, 1.165) is 0 Å². The number of hydrogen-bond donors (Lipinski definition) is 3. The van der Waals surface area contributed by atoms with Crippen LogP contribution in [-0.2, 0) is 4.79 Å². The number of nitrogens with two attached hydrogens (primary N) is 1. The maximum absolute atomic E-state index is 12.7. The van der Waals surface area contributed by atoms with Crippen molar-refractivity contribution in [2.45, 2.75) is 24.5 Å². The van der Waals surface area contributed by atoms with Crippen LogP contribution in [0.5, 0.6) is 0 Å². The third-order valence-electron chi connectivity index (χ3n) is 2.95. The van der Waals surface area contributed by atoms with E-state index in [1.54, 1.807) is 0 Å². The van der Waals surface area contributed by atoms with Crippen LogP contribution in [-0.4, -0.2) is 23.1 Å². The molecule has 1 aromatic rings. The summed E-state index contributed by atoms with van der Waals surface area (Å²) in [6, 6.07) is 5.51. The molecule has 1 saturated carbocycles. The first-order chi connectivity index (χ1) is 8.01. The van der Waals surface area contributed by atoms with Gasteiger partial charge >= 0.3 is 0 Å². The molecular weight excluding hydrogens is 223 g/mol. The van der Waals surface area contributed by atoms with Crippen LogP contribution in [0.4, 0.5) is 4.39 Å². The summed E-state index contributed by atoms with van der Waals surface area (Å²) in [7, 11) is 0. The molecule has 0 spiro atoms. The Kier molecular flexibility index (Phi) is 3.13. The second-order valence-electron chi connectivity index (χ2n) is 4.43. The maximum atomic E-state index is 12.7. The molecule has 1 fully saturated rings. The van der Waals surface area contributed by atoms with Gasteiger partial charge in [0.15, 0.2) is 0 Å². The summed E-state index contributed by atoms with van der Waals surface area (Å²) in [4.78, 5) is 11.5. The highest BCUT2D eigenvalue weighted by Gasteiger charge is 2.45. The fraction of sp³-hybridized carbons (Fsp3) is 0.417. The molecule has 1 aliphatic rings. The quantitative estimate of drug-likeness (QED) is 0.713. The van der Waals surface area contributed by atoms with Crippen LogP contribution in [0.3, 0.4) is 0 Å². The van der Waals surface area contributed by atoms with Crippen molar-refractivity contribution in [1.29, 1.82) is 0 Å². The number of carbonyl (C=O) groups is 1. The van der Waals surface area contributed by atoms with Crippen molar-refractivity contribution in [3.8, 4) is 0 Å². The lowest BCUT2D eigenvalue weighted by Crippen LogP contribution is -2.44. The van der Waals surface area contributed by atoms with Crippen LogP contribution in [0.15, 0.2) is 24.3 Å². The number of carbonyl (C=O) groups excluding carboxylic acids is 1. The molecule has 0 aliphatic heterocycles. The van der Waals surface area contributed by atoms with Gasteiger partial charge in [-0.25, -0.2) is 4.39 Å². The molecule has 1 aliphatic carbocycles. The van der Waals surface area contributed by atoms with E-state index in [1.807, 2.05) is 0 Å². The van der Waals surface area contributed by atoms with Crippen LogP contribution in [0, 0.1) is 5.82 Å². The Balaban J connectivity index is 1.86. The zero-order valence-corrected chi connectivity index (χ0v) is 9.32. The summed E-state index contributed by atoms with van der Waals surface area (Å²) in [5.74, 6) is -0.595. The number of rotatable bonds is 4.